The summed E-state index contributed by atoms with van der Waals surface area (Å²) >= 11 is 0. The van der Waals surface area contributed by atoms with E-state index in [0.717, 1.165) is 0 Å². The molecule has 0 aliphatic rings. The summed E-state index contributed by atoms with van der Waals surface area (Å²) in [4.78, 5) is 0. The molecule has 0 aromatic rings. The third-order valence-electron chi connectivity index (χ3n) is 1.98. The predicted octanol–water partition coefficient (Wildman–Crippen LogP) is -5.77. The minimum Gasteiger partial charge on any atom is -0.748 e. The minimum absolute atomic E-state index is 0. The summed E-state index contributed by atoms with van der Waals surface area (Å²) in [7, 11) is -4.24. The Bertz CT molecular complexity index is 258. The summed E-state index contributed by atoms with van der Waals surface area (Å²) in [5.41, 5.74) is -1.23. The van der Waals surface area contributed by atoms with Gasteiger partial charge in [-0.1, -0.05) is 0 Å². The van der Waals surface area contributed by atoms with E-state index < -0.39 is 41.2 Å². The van der Waals surface area contributed by atoms with Crippen LogP contribution in [-0.4, -0.2) is 65.9 Å². The van der Waals surface area contributed by atoms with E-state index in [1.54, 1.807) is 0 Å². The van der Waals surface area contributed by atoms with Crippen molar-refractivity contribution in [2.75, 3.05) is 32.1 Å². The molecule has 0 rings (SSSR count). The number of hydrogen-bond acceptors (Lipinski definition) is 7. The van der Waals surface area contributed by atoms with Gasteiger partial charge in [-0.3, -0.25) is 0 Å². The Morgan fingerprint density at radius 2 is 1.56 bits per heavy atom. The van der Waals surface area contributed by atoms with Crippen LogP contribution < -0.4 is 34.9 Å². The first kappa shape index (κ1) is 19.1. The van der Waals surface area contributed by atoms with Crippen molar-refractivity contribution in [3.05, 3.63) is 0 Å². The Morgan fingerprint density at radius 1 is 1.12 bits per heavy atom. The first-order valence-corrected chi connectivity index (χ1v) is 5.98. The van der Waals surface area contributed by atoms with Gasteiger partial charge in [-0.2, -0.15) is 0 Å². The van der Waals surface area contributed by atoms with E-state index in [1.807, 2.05) is 0 Å². The van der Waals surface area contributed by atoms with E-state index in [4.69, 9.17) is 15.3 Å². The van der Waals surface area contributed by atoms with E-state index >= 15 is 0 Å². The molecular formula is C7H16NNaO6S. The van der Waals surface area contributed by atoms with Gasteiger partial charge >= 0.3 is 29.6 Å². The van der Waals surface area contributed by atoms with Crippen LogP contribution in [-0.2, 0) is 10.1 Å². The Balaban J connectivity index is 0. The molecule has 0 unspecified atom stereocenters. The predicted molar refractivity (Wildman–Crippen MR) is 51.2 cm³/mol. The summed E-state index contributed by atoms with van der Waals surface area (Å²) in [5, 5.41) is 29.2. The molecule has 0 saturated carbocycles. The summed E-state index contributed by atoms with van der Waals surface area (Å²) in [6.07, 6.45) is 0.0631. The van der Waals surface area contributed by atoms with Gasteiger partial charge in [-0.15, -0.1) is 0 Å². The molecule has 4 N–H and O–H groups in total. The molecule has 92 valence electrons. The van der Waals surface area contributed by atoms with Crippen molar-refractivity contribution in [1.82, 2.24) is 5.32 Å². The summed E-state index contributed by atoms with van der Waals surface area (Å²) in [6, 6.07) is 0. The molecule has 0 amide bonds. The third kappa shape index (κ3) is 7.93. The molecule has 16 heavy (non-hydrogen) atoms. The van der Waals surface area contributed by atoms with Crippen LogP contribution >= 0.6 is 0 Å². The first-order chi connectivity index (χ1) is 6.89. The molecule has 0 aliphatic carbocycles. The van der Waals surface area contributed by atoms with Crippen molar-refractivity contribution >= 4 is 10.1 Å². The van der Waals surface area contributed by atoms with E-state index in [0.29, 0.717) is 0 Å². The van der Waals surface area contributed by atoms with E-state index in [1.165, 1.54) is 0 Å². The quantitative estimate of drug-likeness (QED) is 0.195. The van der Waals surface area contributed by atoms with Gasteiger partial charge in [-0.05, 0) is 13.0 Å². The molecular weight excluding hydrogens is 249 g/mol. The number of aliphatic hydroxyl groups is 3. The average molecular weight is 265 g/mol. The van der Waals surface area contributed by atoms with Crippen LogP contribution in [0.4, 0.5) is 0 Å². The van der Waals surface area contributed by atoms with E-state index in [9.17, 15) is 13.0 Å². The van der Waals surface area contributed by atoms with Crippen LogP contribution in [0.1, 0.15) is 6.42 Å². The van der Waals surface area contributed by atoms with Gasteiger partial charge in [0, 0.05) is 5.75 Å². The molecule has 0 spiro atoms. The maximum absolute atomic E-state index is 10.2. The molecule has 0 saturated heterocycles. The zero-order chi connectivity index (χ0) is 11.9. The molecule has 9 heteroatoms. The van der Waals surface area contributed by atoms with Crippen LogP contribution in [0.25, 0.3) is 0 Å². The van der Waals surface area contributed by atoms with Gasteiger partial charge < -0.3 is 25.2 Å². The van der Waals surface area contributed by atoms with Crippen LogP contribution in [0.3, 0.4) is 0 Å². The van der Waals surface area contributed by atoms with Crippen molar-refractivity contribution in [2.45, 2.75) is 12.0 Å². The summed E-state index contributed by atoms with van der Waals surface area (Å²) < 4.78 is 30.7. The van der Waals surface area contributed by atoms with Gasteiger partial charge in [0.05, 0.1) is 35.5 Å². The minimum atomic E-state index is -4.24. The van der Waals surface area contributed by atoms with Crippen LogP contribution in [0.5, 0.6) is 0 Å². The fourth-order valence-corrected chi connectivity index (χ4v) is 1.42. The third-order valence-corrected chi connectivity index (χ3v) is 2.77. The van der Waals surface area contributed by atoms with Gasteiger partial charge in [0.2, 0.25) is 0 Å². The molecule has 0 fully saturated rings. The Labute approximate surface area is 117 Å². The second-order valence-electron chi connectivity index (χ2n) is 3.30. The zero-order valence-electron chi connectivity index (χ0n) is 9.22. The Kier molecular flexibility index (Phi) is 10.5. The summed E-state index contributed by atoms with van der Waals surface area (Å²) in [5.74, 6) is -0.516. The maximum Gasteiger partial charge on any atom is 1.00 e. The molecule has 0 bridgehead atoms. The Morgan fingerprint density at radius 3 is 1.88 bits per heavy atom. The normalized spacial score (nSPS) is 12.2. The molecule has 0 radical (unpaired) electrons. The molecule has 0 atom stereocenters. The van der Waals surface area contributed by atoms with E-state index in [-0.39, 0.29) is 42.5 Å². The molecule has 0 aliphatic heterocycles. The van der Waals surface area contributed by atoms with E-state index in [2.05, 4.69) is 5.32 Å². The number of hydrogen-bond donors (Lipinski definition) is 4. The molecule has 0 aromatic heterocycles. The fourth-order valence-electron chi connectivity index (χ4n) is 0.920. The first-order valence-electron chi connectivity index (χ1n) is 4.40. The smallest absolute Gasteiger partial charge is 0.748 e. The largest absolute Gasteiger partial charge is 1.00 e. The second-order valence-corrected chi connectivity index (χ2v) is 4.82. The second kappa shape index (κ2) is 8.78. The zero-order valence-corrected chi connectivity index (χ0v) is 12.0. The molecule has 0 heterocycles. The van der Waals surface area contributed by atoms with Crippen molar-refractivity contribution in [3.8, 4) is 0 Å². The van der Waals surface area contributed by atoms with Gasteiger partial charge in [0.25, 0.3) is 0 Å². The molecule has 0 aromatic carbocycles. The van der Waals surface area contributed by atoms with Crippen molar-refractivity contribution in [3.63, 3.8) is 0 Å². The average Bonchev–Trinajstić information content (AvgIpc) is 2.18. The molecule has 7 nitrogen and oxygen atoms in total. The number of rotatable bonds is 8. The topological polar surface area (TPSA) is 130 Å². The van der Waals surface area contributed by atoms with Crippen molar-refractivity contribution in [1.29, 1.82) is 0 Å². The van der Waals surface area contributed by atoms with Crippen LogP contribution in [0, 0.1) is 0 Å². The monoisotopic (exact) mass is 265 g/mol. The maximum atomic E-state index is 10.2. The number of aliphatic hydroxyl groups excluding tert-OH is 3. The van der Waals surface area contributed by atoms with Crippen molar-refractivity contribution in [2.24, 2.45) is 0 Å². The fraction of sp³-hybridized carbons (Fsp3) is 1.00. The van der Waals surface area contributed by atoms with Gasteiger partial charge in [0.1, 0.15) is 0 Å². The van der Waals surface area contributed by atoms with Crippen molar-refractivity contribution < 1.29 is 57.8 Å². The summed E-state index contributed by atoms with van der Waals surface area (Å²) in [6.45, 7) is -1.33. The number of nitrogens with one attached hydrogen (secondary N) is 1. The van der Waals surface area contributed by atoms with Crippen LogP contribution in [0.2, 0.25) is 0 Å². The standard InChI is InChI=1S/C7H17NO6S.Na/c9-4-7(5-10,6-11)8-2-1-3-15(12,13)14;/h8-11H,1-6H2,(H,12,13,14);/q;+1/p-1. The van der Waals surface area contributed by atoms with Gasteiger partial charge in [0.15, 0.2) is 0 Å². The van der Waals surface area contributed by atoms with Crippen LogP contribution in [0.15, 0.2) is 0 Å². The SMILES string of the molecule is O=S(=O)([O-])CCCNC(CO)(CO)CO.[Na+]. The Hall–Kier alpha value is 0.750. The van der Waals surface area contributed by atoms with Gasteiger partial charge in [-0.25, -0.2) is 8.42 Å².